The minimum atomic E-state index is -0.446. The average molecular weight is 292 g/mol. The van der Waals surface area contributed by atoms with E-state index in [0.29, 0.717) is 19.0 Å². The summed E-state index contributed by atoms with van der Waals surface area (Å²) in [4.78, 5) is 13.7. The van der Waals surface area contributed by atoms with Crippen molar-refractivity contribution in [2.75, 3.05) is 19.0 Å². The van der Waals surface area contributed by atoms with Crippen molar-refractivity contribution in [1.29, 1.82) is 0 Å². The molecule has 0 radical (unpaired) electrons. The Morgan fingerprint density at radius 1 is 1.39 bits per heavy atom. The molecule has 1 aromatic carbocycles. The van der Waals surface area contributed by atoms with Gasteiger partial charge in [-0.25, -0.2) is 4.39 Å². The number of nitrogens with zero attached hydrogens (tertiary/aromatic N) is 1. The van der Waals surface area contributed by atoms with Crippen molar-refractivity contribution in [3.63, 3.8) is 0 Å². The first-order valence-corrected chi connectivity index (χ1v) is 6.78. The molecular formula is C13H16Cl2FNO. The van der Waals surface area contributed by atoms with Gasteiger partial charge in [-0.1, -0.05) is 24.6 Å². The molecule has 0 heterocycles. The van der Waals surface area contributed by atoms with Crippen LogP contribution in [0.25, 0.3) is 0 Å². The van der Waals surface area contributed by atoms with Crippen molar-refractivity contribution in [1.82, 2.24) is 4.90 Å². The van der Waals surface area contributed by atoms with Crippen molar-refractivity contribution in [2.45, 2.75) is 19.8 Å². The summed E-state index contributed by atoms with van der Waals surface area (Å²) in [5.74, 6) is -0.223. The van der Waals surface area contributed by atoms with Crippen LogP contribution < -0.4 is 0 Å². The second-order valence-electron chi connectivity index (χ2n) is 3.95. The molecule has 0 saturated carbocycles. The average Bonchev–Trinajstić information content (AvgIpc) is 2.33. The van der Waals surface area contributed by atoms with Crippen molar-refractivity contribution < 1.29 is 9.18 Å². The Balaban J connectivity index is 2.79. The van der Waals surface area contributed by atoms with Crippen LogP contribution in [0, 0.1) is 5.82 Å². The van der Waals surface area contributed by atoms with Crippen LogP contribution in [0.4, 0.5) is 4.39 Å². The highest BCUT2D eigenvalue weighted by atomic mass is 35.5. The third kappa shape index (κ3) is 4.14. The second-order valence-corrected chi connectivity index (χ2v) is 4.73. The third-order valence-electron chi connectivity index (χ3n) is 2.59. The molecule has 0 bridgehead atoms. The summed E-state index contributed by atoms with van der Waals surface area (Å²) in [6, 6.07) is 4.41. The van der Waals surface area contributed by atoms with Gasteiger partial charge in [-0.15, -0.1) is 11.6 Å². The molecule has 0 aromatic heterocycles. The molecule has 0 aliphatic rings. The monoisotopic (exact) mass is 291 g/mol. The number of hydrogen-bond acceptors (Lipinski definition) is 1. The van der Waals surface area contributed by atoms with E-state index in [2.05, 4.69) is 0 Å². The van der Waals surface area contributed by atoms with Crippen molar-refractivity contribution in [3.8, 4) is 0 Å². The molecule has 0 N–H and O–H groups in total. The van der Waals surface area contributed by atoms with Crippen LogP contribution in [-0.4, -0.2) is 29.8 Å². The molecule has 5 heteroatoms. The van der Waals surface area contributed by atoms with Gasteiger partial charge in [0, 0.05) is 29.6 Å². The summed E-state index contributed by atoms with van der Waals surface area (Å²) in [5, 5.41) is 0.283. The zero-order valence-corrected chi connectivity index (χ0v) is 11.8. The molecule has 0 saturated heterocycles. The number of halogens is 3. The van der Waals surface area contributed by atoms with Gasteiger partial charge in [0.1, 0.15) is 5.82 Å². The van der Waals surface area contributed by atoms with Gasteiger partial charge >= 0.3 is 0 Å². The van der Waals surface area contributed by atoms with Crippen LogP contribution >= 0.6 is 23.2 Å². The number of carbonyl (C=O) groups is 1. The van der Waals surface area contributed by atoms with Crippen molar-refractivity contribution in [2.24, 2.45) is 0 Å². The normalized spacial score (nSPS) is 10.4. The molecule has 0 aliphatic heterocycles. The summed E-state index contributed by atoms with van der Waals surface area (Å²) in [5.41, 5.74) is 0.250. The van der Waals surface area contributed by atoms with Crippen LogP contribution in [0.3, 0.4) is 0 Å². The first-order valence-electron chi connectivity index (χ1n) is 5.86. The van der Waals surface area contributed by atoms with Gasteiger partial charge in [0.25, 0.3) is 0 Å². The van der Waals surface area contributed by atoms with Crippen LogP contribution in [0.1, 0.15) is 18.9 Å². The second kappa shape index (κ2) is 7.59. The number of amides is 1. The maximum absolute atomic E-state index is 13.6. The Bertz CT molecular complexity index is 386. The summed E-state index contributed by atoms with van der Waals surface area (Å²) in [6.07, 6.45) is 0.816. The highest BCUT2D eigenvalue weighted by Gasteiger charge is 2.16. The number of rotatable bonds is 6. The van der Waals surface area contributed by atoms with E-state index in [0.717, 1.165) is 6.42 Å². The standard InChI is InChI=1S/C13H16Cl2FNO/c1-2-7-17(8-6-14)13(18)9-10-11(15)4-3-5-12(10)16/h3-5H,2,6-9H2,1H3. The first kappa shape index (κ1) is 15.3. The molecule has 0 unspecified atom stereocenters. The van der Waals surface area contributed by atoms with Gasteiger partial charge in [0.15, 0.2) is 0 Å². The van der Waals surface area contributed by atoms with Crippen molar-refractivity contribution >= 4 is 29.1 Å². The lowest BCUT2D eigenvalue weighted by atomic mass is 10.1. The molecule has 0 fully saturated rings. The molecule has 0 atom stereocenters. The summed E-state index contributed by atoms with van der Waals surface area (Å²) >= 11 is 11.5. The fourth-order valence-electron chi connectivity index (χ4n) is 1.70. The van der Waals surface area contributed by atoms with Crippen LogP contribution in [0.2, 0.25) is 5.02 Å². The van der Waals surface area contributed by atoms with E-state index in [9.17, 15) is 9.18 Å². The molecule has 1 amide bonds. The number of benzene rings is 1. The summed E-state index contributed by atoms with van der Waals surface area (Å²) in [7, 11) is 0. The molecule has 2 nitrogen and oxygen atoms in total. The molecule has 100 valence electrons. The van der Waals surface area contributed by atoms with Gasteiger partial charge in [0.05, 0.1) is 6.42 Å². The predicted octanol–water partition coefficient (Wildman–Crippen LogP) is 3.50. The highest BCUT2D eigenvalue weighted by Crippen LogP contribution is 2.20. The van der Waals surface area contributed by atoms with E-state index in [1.54, 1.807) is 11.0 Å². The molecule has 18 heavy (non-hydrogen) atoms. The fourth-order valence-corrected chi connectivity index (χ4v) is 2.13. The molecule has 1 aromatic rings. The predicted molar refractivity (Wildman–Crippen MR) is 72.7 cm³/mol. The van der Waals surface area contributed by atoms with E-state index < -0.39 is 5.82 Å². The van der Waals surface area contributed by atoms with E-state index in [4.69, 9.17) is 23.2 Å². The third-order valence-corrected chi connectivity index (χ3v) is 3.11. The quantitative estimate of drug-likeness (QED) is 0.735. The van der Waals surface area contributed by atoms with Gasteiger partial charge in [0.2, 0.25) is 5.91 Å². The Labute approximate surface area is 117 Å². The summed E-state index contributed by atoms with van der Waals surface area (Å²) < 4.78 is 13.6. The largest absolute Gasteiger partial charge is 0.341 e. The maximum atomic E-state index is 13.6. The minimum absolute atomic E-state index is 0.0254. The lowest BCUT2D eigenvalue weighted by Gasteiger charge is -2.21. The Morgan fingerprint density at radius 2 is 2.11 bits per heavy atom. The van der Waals surface area contributed by atoms with Gasteiger partial charge in [-0.3, -0.25) is 4.79 Å². The lowest BCUT2D eigenvalue weighted by Crippen LogP contribution is -2.34. The molecular weight excluding hydrogens is 276 g/mol. The SMILES string of the molecule is CCCN(CCCl)C(=O)Cc1c(F)cccc1Cl. The number of carbonyl (C=O) groups excluding carboxylic acids is 1. The topological polar surface area (TPSA) is 20.3 Å². The highest BCUT2D eigenvalue weighted by molar-refractivity contribution is 6.31. The van der Waals surface area contributed by atoms with Gasteiger partial charge < -0.3 is 4.90 Å². The first-order chi connectivity index (χ1) is 8.60. The lowest BCUT2D eigenvalue weighted by molar-refractivity contribution is -0.130. The minimum Gasteiger partial charge on any atom is -0.341 e. The van der Waals surface area contributed by atoms with Crippen molar-refractivity contribution in [3.05, 3.63) is 34.6 Å². The molecule has 0 aliphatic carbocycles. The Kier molecular flexibility index (Phi) is 6.44. The van der Waals surface area contributed by atoms with Gasteiger partial charge in [-0.2, -0.15) is 0 Å². The maximum Gasteiger partial charge on any atom is 0.227 e. The smallest absolute Gasteiger partial charge is 0.227 e. The zero-order chi connectivity index (χ0) is 13.5. The van der Waals surface area contributed by atoms with E-state index in [-0.39, 0.29) is 22.9 Å². The number of hydrogen-bond donors (Lipinski definition) is 0. The van der Waals surface area contributed by atoms with Crippen LogP contribution in [-0.2, 0) is 11.2 Å². The van der Waals surface area contributed by atoms with Crippen LogP contribution in [0.5, 0.6) is 0 Å². The Morgan fingerprint density at radius 3 is 2.67 bits per heavy atom. The van der Waals surface area contributed by atoms with Gasteiger partial charge in [-0.05, 0) is 18.6 Å². The van der Waals surface area contributed by atoms with E-state index >= 15 is 0 Å². The summed E-state index contributed by atoms with van der Waals surface area (Å²) in [6.45, 7) is 3.07. The molecule has 1 rings (SSSR count). The van der Waals surface area contributed by atoms with E-state index in [1.165, 1.54) is 12.1 Å². The van der Waals surface area contributed by atoms with Crippen LogP contribution in [0.15, 0.2) is 18.2 Å². The zero-order valence-electron chi connectivity index (χ0n) is 10.3. The van der Waals surface area contributed by atoms with E-state index in [1.807, 2.05) is 6.92 Å². The number of alkyl halides is 1. The fraction of sp³-hybridized carbons (Fsp3) is 0.462. The molecule has 0 spiro atoms. The Hall–Kier alpha value is -0.800.